The topological polar surface area (TPSA) is 69.5 Å². The van der Waals surface area contributed by atoms with Crippen molar-refractivity contribution in [2.45, 2.75) is 0 Å². The summed E-state index contributed by atoms with van der Waals surface area (Å²) >= 11 is 0. The highest BCUT2D eigenvalue weighted by Crippen LogP contribution is 2.31. The number of hydrogen-bond acceptors (Lipinski definition) is 5. The Morgan fingerprint density at radius 2 is 1.60 bits per heavy atom. The van der Waals surface area contributed by atoms with Gasteiger partial charge in [0.25, 0.3) is 0 Å². The Morgan fingerprint density at radius 3 is 2.00 bits per heavy atom. The lowest BCUT2D eigenvalue weighted by molar-refractivity contribution is 0.421. The van der Waals surface area contributed by atoms with Crippen LogP contribution in [0.1, 0.15) is 0 Å². The molecule has 0 fully saturated rings. The molecule has 0 aliphatic carbocycles. The summed E-state index contributed by atoms with van der Waals surface area (Å²) < 4.78 is 0. The fraction of sp³-hybridized carbons (Fsp3) is 0.200. The van der Waals surface area contributed by atoms with Gasteiger partial charge in [-0.1, -0.05) is 12.2 Å². The number of nitrogens with zero attached hydrogens (tertiary/aromatic N) is 3. The molecule has 0 bridgehead atoms. The number of aromatic hydroxyl groups is 2. The second-order valence-electron chi connectivity index (χ2n) is 2.85. The van der Waals surface area contributed by atoms with Gasteiger partial charge in [0.15, 0.2) is 5.69 Å². The maximum absolute atomic E-state index is 9.49. The lowest BCUT2D eigenvalue weighted by Gasteiger charge is -2.21. The lowest BCUT2D eigenvalue weighted by Crippen LogP contribution is -2.23. The minimum atomic E-state index is -0.258. The van der Waals surface area contributed by atoms with Gasteiger partial charge in [-0.2, -0.15) is 9.97 Å². The average Bonchev–Trinajstić information content (AvgIpc) is 2.18. The van der Waals surface area contributed by atoms with Crippen LogP contribution in [-0.4, -0.2) is 33.3 Å². The summed E-state index contributed by atoms with van der Waals surface area (Å²) in [5.74, 6) is -0.516. The zero-order valence-corrected chi connectivity index (χ0v) is 8.30. The molecule has 0 atom stereocenters. The van der Waals surface area contributed by atoms with E-state index in [0.29, 0.717) is 13.1 Å². The van der Waals surface area contributed by atoms with Crippen molar-refractivity contribution in [2.24, 2.45) is 0 Å². The van der Waals surface area contributed by atoms with Crippen LogP contribution >= 0.6 is 0 Å². The first-order valence-electron chi connectivity index (χ1n) is 4.40. The van der Waals surface area contributed by atoms with E-state index in [1.165, 1.54) is 0 Å². The first-order chi connectivity index (χ1) is 7.20. The van der Waals surface area contributed by atoms with Crippen LogP contribution in [0.25, 0.3) is 0 Å². The highest BCUT2D eigenvalue weighted by atomic mass is 16.3. The van der Waals surface area contributed by atoms with E-state index >= 15 is 0 Å². The maximum atomic E-state index is 9.49. The Hall–Kier alpha value is -2.04. The molecule has 0 unspecified atom stereocenters. The van der Waals surface area contributed by atoms with Gasteiger partial charge in [0.05, 0.1) is 0 Å². The maximum Gasteiger partial charge on any atom is 0.242 e. The quantitative estimate of drug-likeness (QED) is 0.707. The van der Waals surface area contributed by atoms with Gasteiger partial charge in [-0.3, -0.25) is 0 Å². The van der Waals surface area contributed by atoms with Crippen molar-refractivity contribution in [1.82, 2.24) is 9.97 Å². The summed E-state index contributed by atoms with van der Waals surface area (Å²) in [6.45, 7) is 8.09. The monoisotopic (exact) mass is 207 g/mol. The second kappa shape index (κ2) is 4.99. The SMILES string of the molecule is C=CCN(CC=C)c1c(O)ncnc1O. The van der Waals surface area contributed by atoms with Crippen molar-refractivity contribution >= 4 is 5.69 Å². The average molecular weight is 207 g/mol. The molecule has 1 heterocycles. The number of anilines is 1. The summed E-state index contributed by atoms with van der Waals surface area (Å²) in [5.41, 5.74) is 0.192. The predicted octanol–water partition coefficient (Wildman–Crippen LogP) is 1.07. The highest BCUT2D eigenvalue weighted by molar-refractivity contribution is 5.61. The molecule has 0 aliphatic rings. The molecule has 0 aliphatic heterocycles. The summed E-state index contributed by atoms with van der Waals surface area (Å²) in [6, 6.07) is 0. The smallest absolute Gasteiger partial charge is 0.242 e. The molecule has 80 valence electrons. The Kier molecular flexibility index (Phi) is 3.68. The number of aromatic nitrogens is 2. The van der Waals surface area contributed by atoms with Crippen LogP contribution in [0.2, 0.25) is 0 Å². The van der Waals surface area contributed by atoms with Gasteiger partial charge in [0.1, 0.15) is 6.33 Å². The van der Waals surface area contributed by atoms with Crippen LogP contribution in [0.3, 0.4) is 0 Å². The van der Waals surface area contributed by atoms with Crippen molar-refractivity contribution in [3.8, 4) is 11.8 Å². The Bertz CT molecular complexity index is 335. The molecule has 1 aromatic heterocycles. The lowest BCUT2D eigenvalue weighted by atomic mass is 10.3. The van der Waals surface area contributed by atoms with E-state index in [2.05, 4.69) is 23.1 Å². The Labute approximate surface area is 88.0 Å². The normalized spacial score (nSPS) is 9.60. The van der Waals surface area contributed by atoms with Crippen LogP contribution < -0.4 is 4.90 Å². The van der Waals surface area contributed by atoms with E-state index in [-0.39, 0.29) is 17.4 Å². The van der Waals surface area contributed by atoms with Crippen LogP contribution in [0.15, 0.2) is 31.6 Å². The van der Waals surface area contributed by atoms with Gasteiger partial charge in [0, 0.05) is 13.1 Å². The summed E-state index contributed by atoms with van der Waals surface area (Å²) in [5, 5.41) is 19.0. The van der Waals surface area contributed by atoms with Gasteiger partial charge in [-0.25, -0.2) is 0 Å². The van der Waals surface area contributed by atoms with E-state index in [1.54, 1.807) is 17.1 Å². The highest BCUT2D eigenvalue weighted by Gasteiger charge is 2.15. The predicted molar refractivity (Wildman–Crippen MR) is 58.0 cm³/mol. The summed E-state index contributed by atoms with van der Waals surface area (Å²) in [4.78, 5) is 8.86. The third-order valence-corrected chi connectivity index (χ3v) is 1.80. The molecule has 0 saturated carbocycles. The van der Waals surface area contributed by atoms with Gasteiger partial charge in [0.2, 0.25) is 11.8 Å². The molecule has 2 N–H and O–H groups in total. The van der Waals surface area contributed by atoms with Crippen molar-refractivity contribution in [3.63, 3.8) is 0 Å². The molecule has 5 heteroatoms. The Morgan fingerprint density at radius 1 is 1.13 bits per heavy atom. The first-order valence-corrected chi connectivity index (χ1v) is 4.40. The van der Waals surface area contributed by atoms with E-state index < -0.39 is 0 Å². The van der Waals surface area contributed by atoms with Gasteiger partial charge in [-0.05, 0) is 0 Å². The van der Waals surface area contributed by atoms with E-state index in [4.69, 9.17) is 0 Å². The third-order valence-electron chi connectivity index (χ3n) is 1.80. The molecule has 0 aromatic carbocycles. The molecule has 0 spiro atoms. The molecular formula is C10H13N3O2. The Balaban J connectivity index is 3.08. The molecule has 0 radical (unpaired) electrons. The number of rotatable bonds is 5. The first kappa shape index (κ1) is 11.0. The zero-order valence-electron chi connectivity index (χ0n) is 8.30. The van der Waals surface area contributed by atoms with Crippen LogP contribution in [0.4, 0.5) is 5.69 Å². The second-order valence-corrected chi connectivity index (χ2v) is 2.85. The fourth-order valence-corrected chi connectivity index (χ4v) is 1.21. The fourth-order valence-electron chi connectivity index (χ4n) is 1.21. The van der Waals surface area contributed by atoms with Crippen molar-refractivity contribution in [1.29, 1.82) is 0 Å². The van der Waals surface area contributed by atoms with Crippen LogP contribution in [0, 0.1) is 0 Å². The van der Waals surface area contributed by atoms with Gasteiger partial charge in [-0.15, -0.1) is 13.2 Å². The van der Waals surface area contributed by atoms with Crippen molar-refractivity contribution in [3.05, 3.63) is 31.6 Å². The molecule has 0 amide bonds. The summed E-state index contributed by atoms with van der Waals surface area (Å²) in [6.07, 6.45) is 4.39. The van der Waals surface area contributed by atoms with Crippen LogP contribution in [-0.2, 0) is 0 Å². The molecule has 1 aromatic rings. The van der Waals surface area contributed by atoms with Gasteiger partial charge < -0.3 is 15.1 Å². The molecule has 0 saturated heterocycles. The number of hydrogen-bond donors (Lipinski definition) is 2. The largest absolute Gasteiger partial charge is 0.492 e. The zero-order chi connectivity index (χ0) is 11.3. The van der Waals surface area contributed by atoms with E-state index in [0.717, 1.165) is 6.33 Å². The van der Waals surface area contributed by atoms with Crippen LogP contribution in [0.5, 0.6) is 11.8 Å². The van der Waals surface area contributed by atoms with E-state index in [1.807, 2.05) is 0 Å². The molecule has 1 rings (SSSR count). The van der Waals surface area contributed by atoms with E-state index in [9.17, 15) is 10.2 Å². The minimum Gasteiger partial charge on any atom is -0.492 e. The van der Waals surface area contributed by atoms with Crippen molar-refractivity contribution in [2.75, 3.05) is 18.0 Å². The van der Waals surface area contributed by atoms with Gasteiger partial charge >= 0.3 is 0 Å². The molecular weight excluding hydrogens is 194 g/mol. The summed E-state index contributed by atoms with van der Waals surface area (Å²) in [7, 11) is 0. The standard InChI is InChI=1S/C10H13N3O2/c1-3-5-13(6-4-2)8-9(14)11-7-12-10(8)15/h3-4,7H,1-2,5-6H2,(H2,11,12,14,15). The molecule has 5 nitrogen and oxygen atoms in total. The molecule has 15 heavy (non-hydrogen) atoms. The third kappa shape index (κ3) is 2.46. The van der Waals surface area contributed by atoms with Crippen molar-refractivity contribution < 1.29 is 10.2 Å². The minimum absolute atomic E-state index is 0.192.